The van der Waals surface area contributed by atoms with Gasteiger partial charge in [-0.2, -0.15) is 0 Å². The largest absolute Gasteiger partial charge is 0.481 e. The Morgan fingerprint density at radius 2 is 1.87 bits per heavy atom. The summed E-state index contributed by atoms with van der Waals surface area (Å²) in [6.45, 7) is 2.23. The van der Waals surface area contributed by atoms with E-state index in [1.54, 1.807) is 0 Å². The molecule has 0 aromatic heterocycles. The van der Waals surface area contributed by atoms with Crippen LogP contribution in [0.4, 0.5) is 0 Å². The van der Waals surface area contributed by atoms with Gasteiger partial charge < -0.3 is 5.11 Å². The number of aliphatic carboxylic acids is 1. The highest BCUT2D eigenvalue weighted by Gasteiger charge is 2.43. The van der Waals surface area contributed by atoms with Gasteiger partial charge in [0.1, 0.15) is 0 Å². The van der Waals surface area contributed by atoms with Gasteiger partial charge in [0.15, 0.2) is 0 Å². The Bertz CT molecular complexity index is 270. The van der Waals surface area contributed by atoms with E-state index < -0.39 is 5.97 Å². The summed E-state index contributed by atoms with van der Waals surface area (Å²) < 4.78 is 0. The number of rotatable bonds is 5. The minimum Gasteiger partial charge on any atom is -0.481 e. The Labute approximate surface area is 91.4 Å². The van der Waals surface area contributed by atoms with E-state index in [0.29, 0.717) is 18.3 Å². The van der Waals surface area contributed by atoms with Gasteiger partial charge in [0.05, 0.1) is 0 Å². The third-order valence-corrected chi connectivity index (χ3v) is 4.11. The zero-order valence-electron chi connectivity index (χ0n) is 9.36. The van der Waals surface area contributed by atoms with E-state index in [4.69, 9.17) is 5.11 Å². The first-order valence-electron chi connectivity index (χ1n) is 6.12. The van der Waals surface area contributed by atoms with E-state index >= 15 is 0 Å². The fourth-order valence-electron chi connectivity index (χ4n) is 3.51. The average Bonchev–Trinajstić information content (AvgIpc) is 2.76. The lowest BCUT2D eigenvalue weighted by Gasteiger charge is -2.27. The highest BCUT2D eigenvalue weighted by molar-refractivity contribution is 5.66. The average molecular weight is 208 g/mol. The van der Waals surface area contributed by atoms with Crippen molar-refractivity contribution in [2.24, 2.45) is 23.7 Å². The molecule has 0 heterocycles. The van der Waals surface area contributed by atoms with Crippen LogP contribution in [0.25, 0.3) is 0 Å². The van der Waals surface area contributed by atoms with Crippen molar-refractivity contribution < 1.29 is 9.90 Å². The van der Waals surface area contributed by atoms with Crippen molar-refractivity contribution in [1.29, 1.82) is 0 Å². The summed E-state index contributed by atoms with van der Waals surface area (Å²) in [5, 5.41) is 8.74. The fraction of sp³-hybridized carbons (Fsp3) is 0.769. The van der Waals surface area contributed by atoms with Gasteiger partial charge in [-0.25, -0.2) is 0 Å². The normalized spacial score (nSPS) is 37.4. The molecule has 1 saturated carbocycles. The molecule has 2 rings (SSSR count). The zero-order valence-corrected chi connectivity index (χ0v) is 9.36. The molecular formula is C13H20O2. The predicted molar refractivity (Wildman–Crippen MR) is 59.5 cm³/mol. The van der Waals surface area contributed by atoms with Crippen molar-refractivity contribution in [1.82, 2.24) is 0 Å². The Morgan fingerprint density at radius 3 is 2.40 bits per heavy atom. The summed E-state index contributed by atoms with van der Waals surface area (Å²) in [5.74, 6) is 2.22. The molecule has 15 heavy (non-hydrogen) atoms. The minimum atomic E-state index is -0.642. The monoisotopic (exact) mass is 208 g/mol. The molecule has 0 amide bonds. The summed E-state index contributed by atoms with van der Waals surface area (Å²) in [6, 6.07) is 0. The molecule has 84 valence electrons. The van der Waals surface area contributed by atoms with Crippen LogP contribution in [0.5, 0.6) is 0 Å². The molecule has 2 bridgehead atoms. The summed E-state index contributed by atoms with van der Waals surface area (Å²) in [6.07, 6.45) is 9.70. The highest BCUT2D eigenvalue weighted by Crippen LogP contribution is 2.51. The number of carbonyl (C=O) groups is 1. The van der Waals surface area contributed by atoms with Crippen molar-refractivity contribution in [3.8, 4) is 0 Å². The van der Waals surface area contributed by atoms with Crippen molar-refractivity contribution in [2.45, 2.75) is 39.0 Å². The number of carboxylic acid groups (broad SMARTS) is 1. The van der Waals surface area contributed by atoms with Gasteiger partial charge in [-0.15, -0.1) is 0 Å². The maximum atomic E-state index is 10.6. The quantitative estimate of drug-likeness (QED) is 0.705. The van der Waals surface area contributed by atoms with Crippen LogP contribution in [0.1, 0.15) is 39.0 Å². The Morgan fingerprint density at radius 1 is 1.27 bits per heavy atom. The van der Waals surface area contributed by atoms with Gasteiger partial charge >= 0.3 is 5.97 Å². The number of hydrogen-bond acceptors (Lipinski definition) is 1. The molecule has 2 aliphatic carbocycles. The van der Waals surface area contributed by atoms with Crippen LogP contribution in [-0.2, 0) is 4.79 Å². The van der Waals surface area contributed by atoms with Crippen molar-refractivity contribution in [2.75, 3.05) is 0 Å². The lowest BCUT2D eigenvalue weighted by molar-refractivity contribution is -0.137. The van der Waals surface area contributed by atoms with Gasteiger partial charge in [0.2, 0.25) is 0 Å². The lowest BCUT2D eigenvalue weighted by Crippen LogP contribution is -2.20. The molecule has 2 aliphatic rings. The Balaban J connectivity index is 1.96. The van der Waals surface area contributed by atoms with Crippen LogP contribution >= 0.6 is 0 Å². The summed E-state index contributed by atoms with van der Waals surface area (Å²) in [5.41, 5.74) is 0. The summed E-state index contributed by atoms with van der Waals surface area (Å²) in [4.78, 5) is 10.6. The van der Waals surface area contributed by atoms with Gasteiger partial charge in [-0.05, 0) is 42.9 Å². The third-order valence-electron chi connectivity index (χ3n) is 4.11. The number of fused-ring (bicyclic) bond motifs is 2. The maximum absolute atomic E-state index is 10.6. The molecule has 0 aliphatic heterocycles. The zero-order chi connectivity index (χ0) is 10.8. The van der Waals surface area contributed by atoms with Crippen LogP contribution < -0.4 is 0 Å². The number of carboxylic acids is 1. The summed E-state index contributed by atoms with van der Waals surface area (Å²) >= 11 is 0. The standard InChI is InChI=1S/C13H20O2/c1-2-3-11-9-4-5-10(8-9)12(11)6-7-13(14)15/h4-5,9-12H,2-3,6-8H2,1H3,(H,14,15). The van der Waals surface area contributed by atoms with Crippen molar-refractivity contribution in [3.05, 3.63) is 12.2 Å². The number of hydrogen-bond donors (Lipinski definition) is 1. The molecule has 1 N–H and O–H groups in total. The first-order valence-corrected chi connectivity index (χ1v) is 6.12. The minimum absolute atomic E-state index is 0.349. The molecule has 0 spiro atoms. The Hall–Kier alpha value is -0.790. The van der Waals surface area contributed by atoms with Crippen molar-refractivity contribution in [3.63, 3.8) is 0 Å². The second-order valence-electron chi connectivity index (χ2n) is 5.00. The van der Waals surface area contributed by atoms with E-state index in [-0.39, 0.29) is 0 Å². The van der Waals surface area contributed by atoms with Crippen LogP contribution in [0, 0.1) is 23.7 Å². The molecule has 0 aromatic rings. The smallest absolute Gasteiger partial charge is 0.303 e. The van der Waals surface area contributed by atoms with E-state index in [1.807, 2.05) is 0 Å². The molecule has 4 atom stereocenters. The van der Waals surface area contributed by atoms with Gasteiger partial charge in [0, 0.05) is 6.42 Å². The molecule has 0 radical (unpaired) electrons. The molecule has 0 aromatic carbocycles. The molecule has 1 fully saturated rings. The predicted octanol–water partition coefficient (Wildman–Crippen LogP) is 3.09. The maximum Gasteiger partial charge on any atom is 0.303 e. The van der Waals surface area contributed by atoms with Crippen LogP contribution in [0.15, 0.2) is 12.2 Å². The lowest BCUT2D eigenvalue weighted by atomic mass is 9.78. The first kappa shape index (κ1) is 10.7. The van der Waals surface area contributed by atoms with Gasteiger partial charge in [0.25, 0.3) is 0 Å². The van der Waals surface area contributed by atoms with E-state index in [2.05, 4.69) is 19.1 Å². The van der Waals surface area contributed by atoms with E-state index in [0.717, 1.165) is 18.3 Å². The molecule has 2 nitrogen and oxygen atoms in total. The third kappa shape index (κ3) is 2.09. The van der Waals surface area contributed by atoms with E-state index in [1.165, 1.54) is 19.3 Å². The molecular weight excluding hydrogens is 188 g/mol. The fourth-order valence-corrected chi connectivity index (χ4v) is 3.51. The number of allylic oxidation sites excluding steroid dienone is 2. The molecule has 4 unspecified atom stereocenters. The van der Waals surface area contributed by atoms with Gasteiger partial charge in [-0.3, -0.25) is 4.79 Å². The van der Waals surface area contributed by atoms with Gasteiger partial charge in [-0.1, -0.05) is 25.5 Å². The van der Waals surface area contributed by atoms with Crippen molar-refractivity contribution >= 4 is 5.97 Å². The molecule has 2 heteroatoms. The SMILES string of the molecule is CCCC1C2C=CC(C2)C1CCC(=O)O. The van der Waals surface area contributed by atoms with Crippen LogP contribution in [0.3, 0.4) is 0 Å². The summed E-state index contributed by atoms with van der Waals surface area (Å²) in [7, 11) is 0. The second kappa shape index (κ2) is 4.38. The second-order valence-corrected chi connectivity index (χ2v) is 5.00. The van der Waals surface area contributed by atoms with E-state index in [9.17, 15) is 4.79 Å². The van der Waals surface area contributed by atoms with Crippen LogP contribution in [-0.4, -0.2) is 11.1 Å². The van der Waals surface area contributed by atoms with Crippen LogP contribution in [0.2, 0.25) is 0 Å². The first-order chi connectivity index (χ1) is 7.22. The Kier molecular flexibility index (Phi) is 3.13. The topological polar surface area (TPSA) is 37.3 Å². The molecule has 0 saturated heterocycles. The highest BCUT2D eigenvalue weighted by atomic mass is 16.4.